The lowest BCUT2D eigenvalue weighted by Crippen LogP contribution is -1.97. The zero-order valence-electron chi connectivity index (χ0n) is 10.3. The highest BCUT2D eigenvalue weighted by atomic mass is 14.9. The molecule has 0 saturated carbocycles. The van der Waals surface area contributed by atoms with Gasteiger partial charge < -0.3 is 5.32 Å². The number of rotatable bonds is 4. The van der Waals surface area contributed by atoms with Crippen molar-refractivity contribution in [3.05, 3.63) is 65.9 Å². The Hall–Kier alpha value is -1.76. The molecule has 0 fully saturated rings. The van der Waals surface area contributed by atoms with Crippen LogP contribution in [-0.4, -0.2) is 0 Å². The monoisotopic (exact) mass is 213 g/mol. The van der Waals surface area contributed by atoms with Gasteiger partial charge in [-0.25, -0.2) is 0 Å². The minimum absolute atomic E-state index is 0.970. The van der Waals surface area contributed by atoms with Crippen LogP contribution < -0.4 is 5.32 Å². The van der Waals surface area contributed by atoms with E-state index in [4.69, 9.17) is 0 Å². The van der Waals surface area contributed by atoms with Crippen molar-refractivity contribution in [3.8, 4) is 0 Å². The minimum atomic E-state index is 0.970. The Morgan fingerprint density at radius 3 is 2.19 bits per heavy atom. The first-order valence-corrected chi connectivity index (χ1v) is 5.36. The molecule has 0 aliphatic rings. The maximum absolute atomic E-state index is 3.86. The quantitative estimate of drug-likeness (QED) is 0.733. The van der Waals surface area contributed by atoms with Crippen molar-refractivity contribution in [2.45, 2.75) is 20.8 Å². The van der Waals surface area contributed by atoms with Gasteiger partial charge in [0.05, 0.1) is 0 Å². The first kappa shape index (κ1) is 12.3. The normalized spacial score (nSPS) is 11.1. The number of allylic oxidation sites excluding steroid dienone is 3. The van der Waals surface area contributed by atoms with Crippen LogP contribution in [0.3, 0.4) is 0 Å². The van der Waals surface area contributed by atoms with Gasteiger partial charge in [-0.1, -0.05) is 24.8 Å². The molecule has 1 heteroatoms. The van der Waals surface area contributed by atoms with E-state index in [1.165, 1.54) is 11.1 Å². The summed E-state index contributed by atoms with van der Waals surface area (Å²) < 4.78 is 0. The molecule has 0 amide bonds. The summed E-state index contributed by atoms with van der Waals surface area (Å²) >= 11 is 0. The van der Waals surface area contributed by atoms with Gasteiger partial charge in [0.25, 0.3) is 0 Å². The first-order chi connectivity index (χ1) is 7.51. The van der Waals surface area contributed by atoms with E-state index in [1.54, 1.807) is 6.08 Å². The average Bonchev–Trinajstić information content (AvgIpc) is 2.14. The Kier molecular flexibility index (Phi) is 4.12. The highest BCUT2D eigenvalue weighted by Crippen LogP contribution is 2.16. The van der Waals surface area contributed by atoms with Crippen molar-refractivity contribution in [2.75, 3.05) is 5.32 Å². The van der Waals surface area contributed by atoms with Gasteiger partial charge >= 0.3 is 0 Å². The van der Waals surface area contributed by atoms with Crippen LogP contribution in [0.5, 0.6) is 0 Å². The third-order valence-corrected chi connectivity index (χ3v) is 2.13. The molecule has 84 valence electrons. The predicted octanol–water partition coefficient (Wildman–Crippen LogP) is 4.36. The molecule has 0 bridgehead atoms. The standard InChI is InChI=1S/C15H19N/c1-6-14(7-11(2)3)16-15-9-12(4)8-13(5)10-15/h6-10,16H,1-2H2,3-5H3/b14-7+. The maximum atomic E-state index is 3.86. The second kappa shape index (κ2) is 5.36. The fourth-order valence-electron chi connectivity index (χ4n) is 1.63. The van der Waals surface area contributed by atoms with Crippen molar-refractivity contribution in [1.82, 2.24) is 0 Å². The maximum Gasteiger partial charge on any atom is 0.0389 e. The Balaban J connectivity index is 2.94. The molecule has 0 aromatic heterocycles. The fourth-order valence-corrected chi connectivity index (χ4v) is 1.63. The second-order valence-electron chi connectivity index (χ2n) is 4.15. The van der Waals surface area contributed by atoms with E-state index >= 15 is 0 Å². The van der Waals surface area contributed by atoms with Gasteiger partial charge in [-0.05, 0) is 56.2 Å². The van der Waals surface area contributed by atoms with E-state index in [0.29, 0.717) is 0 Å². The molecule has 0 saturated heterocycles. The van der Waals surface area contributed by atoms with E-state index in [2.05, 4.69) is 50.5 Å². The summed E-state index contributed by atoms with van der Waals surface area (Å²) in [6, 6.07) is 6.38. The lowest BCUT2D eigenvalue weighted by Gasteiger charge is -2.09. The Morgan fingerprint density at radius 1 is 1.19 bits per heavy atom. The van der Waals surface area contributed by atoms with Gasteiger partial charge in [-0.15, -0.1) is 0 Å². The molecule has 0 heterocycles. The number of hydrogen-bond acceptors (Lipinski definition) is 1. The van der Waals surface area contributed by atoms with Gasteiger partial charge in [0, 0.05) is 11.4 Å². The molecule has 0 spiro atoms. The van der Waals surface area contributed by atoms with Gasteiger partial charge in [0.2, 0.25) is 0 Å². The Morgan fingerprint density at radius 2 is 1.75 bits per heavy atom. The van der Waals surface area contributed by atoms with E-state index in [-0.39, 0.29) is 0 Å². The van der Waals surface area contributed by atoms with Crippen molar-refractivity contribution in [2.24, 2.45) is 0 Å². The van der Waals surface area contributed by atoms with E-state index < -0.39 is 0 Å². The van der Waals surface area contributed by atoms with Crippen LogP contribution in [0, 0.1) is 13.8 Å². The molecule has 16 heavy (non-hydrogen) atoms. The summed E-state index contributed by atoms with van der Waals surface area (Å²) in [6.07, 6.45) is 3.77. The van der Waals surface area contributed by atoms with E-state index in [9.17, 15) is 0 Å². The largest absolute Gasteiger partial charge is 0.356 e. The molecule has 1 aromatic rings. The molecule has 0 radical (unpaired) electrons. The van der Waals surface area contributed by atoms with Crippen LogP contribution >= 0.6 is 0 Å². The predicted molar refractivity (Wildman–Crippen MR) is 72.6 cm³/mol. The molecule has 0 atom stereocenters. The molecule has 0 unspecified atom stereocenters. The lowest BCUT2D eigenvalue weighted by atomic mass is 10.1. The van der Waals surface area contributed by atoms with Crippen molar-refractivity contribution in [1.29, 1.82) is 0 Å². The Labute approximate surface area is 98.2 Å². The van der Waals surface area contributed by atoms with Gasteiger partial charge in [-0.3, -0.25) is 0 Å². The Bertz CT molecular complexity index is 418. The summed E-state index contributed by atoms with van der Waals surface area (Å²) in [7, 11) is 0. The van der Waals surface area contributed by atoms with E-state index in [0.717, 1.165) is 17.0 Å². The molecular formula is C15H19N. The van der Waals surface area contributed by atoms with Crippen LogP contribution in [0.4, 0.5) is 5.69 Å². The topological polar surface area (TPSA) is 12.0 Å². The average molecular weight is 213 g/mol. The molecule has 1 nitrogen and oxygen atoms in total. The highest BCUT2D eigenvalue weighted by Gasteiger charge is 1.97. The number of anilines is 1. The molecular weight excluding hydrogens is 194 g/mol. The summed E-state index contributed by atoms with van der Waals surface area (Å²) in [4.78, 5) is 0. The summed E-state index contributed by atoms with van der Waals surface area (Å²) in [5.74, 6) is 0. The van der Waals surface area contributed by atoms with Crippen LogP contribution in [-0.2, 0) is 0 Å². The van der Waals surface area contributed by atoms with Crippen LogP contribution in [0.25, 0.3) is 0 Å². The molecule has 0 aliphatic carbocycles. The van der Waals surface area contributed by atoms with Crippen molar-refractivity contribution >= 4 is 5.69 Å². The zero-order chi connectivity index (χ0) is 12.1. The smallest absolute Gasteiger partial charge is 0.0389 e. The fraction of sp³-hybridized carbons (Fsp3) is 0.200. The van der Waals surface area contributed by atoms with Crippen LogP contribution in [0.15, 0.2) is 54.8 Å². The van der Waals surface area contributed by atoms with E-state index in [1.807, 2.05) is 13.0 Å². The summed E-state index contributed by atoms with van der Waals surface area (Å²) in [5, 5.41) is 3.32. The lowest BCUT2D eigenvalue weighted by molar-refractivity contribution is 1.35. The van der Waals surface area contributed by atoms with Crippen LogP contribution in [0.2, 0.25) is 0 Å². The molecule has 1 rings (SSSR count). The SMILES string of the molecule is C=C/C(=C\C(=C)C)Nc1cc(C)cc(C)c1. The van der Waals surface area contributed by atoms with Gasteiger partial charge in [-0.2, -0.15) is 0 Å². The number of hydrogen-bond donors (Lipinski definition) is 1. The zero-order valence-corrected chi connectivity index (χ0v) is 10.3. The van der Waals surface area contributed by atoms with Crippen molar-refractivity contribution in [3.63, 3.8) is 0 Å². The minimum Gasteiger partial charge on any atom is -0.356 e. The first-order valence-electron chi connectivity index (χ1n) is 5.36. The third-order valence-electron chi connectivity index (χ3n) is 2.13. The molecule has 1 aromatic carbocycles. The summed E-state index contributed by atoms with van der Waals surface area (Å²) in [5.41, 5.74) is 5.57. The number of aryl methyl sites for hydroxylation is 2. The highest BCUT2D eigenvalue weighted by molar-refractivity contribution is 5.54. The third kappa shape index (κ3) is 3.77. The van der Waals surface area contributed by atoms with Crippen LogP contribution in [0.1, 0.15) is 18.1 Å². The van der Waals surface area contributed by atoms with Crippen molar-refractivity contribution < 1.29 is 0 Å². The number of nitrogens with one attached hydrogen (secondary N) is 1. The number of benzene rings is 1. The molecule has 0 aliphatic heterocycles. The second-order valence-corrected chi connectivity index (χ2v) is 4.15. The van der Waals surface area contributed by atoms with Gasteiger partial charge in [0.15, 0.2) is 0 Å². The van der Waals surface area contributed by atoms with Gasteiger partial charge in [0.1, 0.15) is 0 Å². The molecule has 1 N–H and O–H groups in total. The summed E-state index contributed by atoms with van der Waals surface area (Å²) in [6.45, 7) is 13.8.